The molecule has 0 saturated carbocycles. The smallest absolute Gasteiger partial charge is 0.216 e. The van der Waals surface area contributed by atoms with Crippen LogP contribution in [0.1, 0.15) is 13.8 Å². The zero-order chi connectivity index (χ0) is 19.5. The van der Waals surface area contributed by atoms with Crippen molar-refractivity contribution in [2.24, 2.45) is 0 Å². The number of hydrogen-bond acceptors (Lipinski definition) is 7. The lowest BCUT2D eigenvalue weighted by Gasteiger charge is -2.16. The molecule has 0 aromatic rings. The molecule has 0 rings (SSSR count). The van der Waals surface area contributed by atoms with Crippen LogP contribution in [-0.2, 0) is 28.5 Å². The SMILES string of the molecule is CC(=O)NCCOCCOCCN(C)CCOCCOCCNC(C)=O. The van der Waals surface area contributed by atoms with Crippen molar-refractivity contribution in [3.05, 3.63) is 0 Å². The molecule has 0 radical (unpaired) electrons. The summed E-state index contributed by atoms with van der Waals surface area (Å²) in [6, 6.07) is 0. The third kappa shape index (κ3) is 20.8. The van der Waals surface area contributed by atoms with Gasteiger partial charge in [0.2, 0.25) is 11.8 Å². The molecule has 0 heterocycles. The maximum atomic E-state index is 10.6. The first-order valence-corrected chi connectivity index (χ1v) is 9.00. The van der Waals surface area contributed by atoms with Gasteiger partial charge in [-0.05, 0) is 7.05 Å². The quantitative estimate of drug-likeness (QED) is 0.304. The third-order valence-corrected chi connectivity index (χ3v) is 3.22. The Kier molecular flexibility index (Phi) is 17.6. The van der Waals surface area contributed by atoms with Gasteiger partial charge in [0.15, 0.2) is 0 Å². The first-order chi connectivity index (χ1) is 12.5. The van der Waals surface area contributed by atoms with Gasteiger partial charge in [-0.3, -0.25) is 9.59 Å². The second-order valence-electron chi connectivity index (χ2n) is 5.72. The van der Waals surface area contributed by atoms with Gasteiger partial charge in [-0.2, -0.15) is 0 Å². The minimum atomic E-state index is -0.0497. The highest BCUT2D eigenvalue weighted by atomic mass is 16.5. The summed E-state index contributed by atoms with van der Waals surface area (Å²) in [4.78, 5) is 23.4. The molecule has 0 unspecified atom stereocenters. The summed E-state index contributed by atoms with van der Waals surface area (Å²) < 4.78 is 21.6. The summed E-state index contributed by atoms with van der Waals surface area (Å²) in [5, 5.41) is 5.32. The Bertz CT molecular complexity index is 325. The van der Waals surface area contributed by atoms with Crippen LogP contribution in [0.2, 0.25) is 0 Å². The summed E-state index contributed by atoms with van der Waals surface area (Å²) >= 11 is 0. The van der Waals surface area contributed by atoms with Crippen molar-refractivity contribution >= 4 is 11.8 Å². The highest BCUT2D eigenvalue weighted by Crippen LogP contribution is 1.87. The summed E-state index contributed by atoms with van der Waals surface area (Å²) in [5.41, 5.74) is 0. The van der Waals surface area contributed by atoms with Gasteiger partial charge in [0, 0.05) is 40.0 Å². The van der Waals surface area contributed by atoms with Crippen LogP contribution in [0.25, 0.3) is 0 Å². The van der Waals surface area contributed by atoms with E-state index in [0.29, 0.717) is 65.9 Å². The maximum Gasteiger partial charge on any atom is 0.216 e. The maximum absolute atomic E-state index is 10.6. The minimum Gasteiger partial charge on any atom is -0.378 e. The number of amides is 2. The molecule has 0 aliphatic rings. The fraction of sp³-hybridized carbons (Fsp3) is 0.882. The Morgan fingerprint density at radius 1 is 0.654 bits per heavy atom. The van der Waals surface area contributed by atoms with E-state index in [4.69, 9.17) is 18.9 Å². The van der Waals surface area contributed by atoms with E-state index in [1.165, 1.54) is 13.8 Å². The van der Waals surface area contributed by atoms with Gasteiger partial charge in [-0.25, -0.2) is 0 Å². The highest BCUT2D eigenvalue weighted by molar-refractivity contribution is 5.73. The van der Waals surface area contributed by atoms with E-state index in [9.17, 15) is 9.59 Å². The molecule has 0 aromatic carbocycles. The Morgan fingerprint density at radius 3 is 1.35 bits per heavy atom. The lowest BCUT2D eigenvalue weighted by molar-refractivity contribution is -0.120. The first-order valence-electron chi connectivity index (χ1n) is 9.00. The van der Waals surface area contributed by atoms with Gasteiger partial charge in [0.05, 0.1) is 52.9 Å². The molecule has 2 amide bonds. The zero-order valence-electron chi connectivity index (χ0n) is 16.4. The van der Waals surface area contributed by atoms with Crippen LogP contribution in [0.3, 0.4) is 0 Å². The van der Waals surface area contributed by atoms with E-state index in [1.807, 2.05) is 7.05 Å². The van der Waals surface area contributed by atoms with Crippen molar-refractivity contribution in [1.29, 1.82) is 0 Å². The van der Waals surface area contributed by atoms with Crippen LogP contribution in [0.15, 0.2) is 0 Å². The lowest BCUT2D eigenvalue weighted by atomic mass is 10.5. The number of likely N-dealkylation sites (N-methyl/N-ethyl adjacent to an activating group) is 1. The van der Waals surface area contributed by atoms with Crippen LogP contribution in [-0.4, -0.2) is 103 Å². The predicted octanol–water partition coefficient (Wildman–Crippen LogP) is -0.743. The summed E-state index contributed by atoms with van der Waals surface area (Å²) in [6.45, 7) is 10.1. The summed E-state index contributed by atoms with van der Waals surface area (Å²) in [6.07, 6.45) is 0. The number of ether oxygens (including phenoxy) is 4. The topological polar surface area (TPSA) is 98.4 Å². The number of nitrogens with zero attached hydrogens (tertiary/aromatic N) is 1. The van der Waals surface area contributed by atoms with Crippen LogP contribution in [0, 0.1) is 0 Å². The van der Waals surface area contributed by atoms with Crippen molar-refractivity contribution in [3.8, 4) is 0 Å². The summed E-state index contributed by atoms with van der Waals surface area (Å²) in [5.74, 6) is -0.0993. The minimum absolute atomic E-state index is 0.0497. The van der Waals surface area contributed by atoms with E-state index < -0.39 is 0 Å². The van der Waals surface area contributed by atoms with Crippen LogP contribution >= 0.6 is 0 Å². The van der Waals surface area contributed by atoms with Crippen molar-refractivity contribution in [2.45, 2.75) is 13.8 Å². The van der Waals surface area contributed by atoms with Gasteiger partial charge in [0.1, 0.15) is 0 Å². The molecule has 0 aliphatic heterocycles. The Labute approximate surface area is 156 Å². The number of hydrogen-bond donors (Lipinski definition) is 2. The molecular formula is C17H35N3O6. The Balaban J connectivity index is 3.19. The van der Waals surface area contributed by atoms with Crippen molar-refractivity contribution in [3.63, 3.8) is 0 Å². The molecule has 2 N–H and O–H groups in total. The molecular weight excluding hydrogens is 342 g/mol. The number of rotatable bonds is 18. The molecule has 0 saturated heterocycles. The van der Waals surface area contributed by atoms with E-state index in [1.54, 1.807) is 0 Å². The van der Waals surface area contributed by atoms with Crippen LogP contribution in [0.4, 0.5) is 0 Å². The second-order valence-corrected chi connectivity index (χ2v) is 5.72. The molecule has 0 atom stereocenters. The van der Waals surface area contributed by atoms with E-state index in [0.717, 1.165) is 13.1 Å². The van der Waals surface area contributed by atoms with E-state index >= 15 is 0 Å². The van der Waals surface area contributed by atoms with Crippen molar-refractivity contribution in [1.82, 2.24) is 15.5 Å². The zero-order valence-corrected chi connectivity index (χ0v) is 16.4. The van der Waals surface area contributed by atoms with Gasteiger partial charge < -0.3 is 34.5 Å². The Morgan fingerprint density at radius 2 is 1.00 bits per heavy atom. The molecule has 9 nitrogen and oxygen atoms in total. The molecule has 0 aromatic heterocycles. The molecule has 26 heavy (non-hydrogen) atoms. The average Bonchev–Trinajstić information content (AvgIpc) is 2.58. The van der Waals surface area contributed by atoms with Crippen LogP contribution < -0.4 is 10.6 Å². The normalized spacial score (nSPS) is 10.9. The highest BCUT2D eigenvalue weighted by Gasteiger charge is 1.99. The molecule has 0 aliphatic carbocycles. The van der Waals surface area contributed by atoms with Crippen molar-refractivity contribution in [2.75, 3.05) is 86.1 Å². The monoisotopic (exact) mass is 377 g/mol. The standard InChI is InChI=1S/C17H35N3O6/c1-16(21)18-4-8-23-12-14-25-10-6-20(3)7-11-26-15-13-24-9-5-19-17(2)22/h4-15H2,1-3H3,(H,18,21)(H,19,22). The lowest BCUT2D eigenvalue weighted by Crippen LogP contribution is -2.28. The second kappa shape index (κ2) is 18.5. The predicted molar refractivity (Wildman–Crippen MR) is 98.1 cm³/mol. The molecule has 154 valence electrons. The summed E-state index contributed by atoms with van der Waals surface area (Å²) in [7, 11) is 2.01. The van der Waals surface area contributed by atoms with Gasteiger partial charge >= 0.3 is 0 Å². The average molecular weight is 377 g/mol. The molecule has 0 bridgehead atoms. The number of carbonyl (C=O) groups excluding carboxylic acids is 2. The first kappa shape index (κ1) is 24.7. The Hall–Kier alpha value is -1.26. The largest absolute Gasteiger partial charge is 0.378 e. The van der Waals surface area contributed by atoms with Crippen LogP contribution in [0.5, 0.6) is 0 Å². The van der Waals surface area contributed by atoms with Gasteiger partial charge in [-0.1, -0.05) is 0 Å². The van der Waals surface area contributed by atoms with Gasteiger partial charge in [-0.15, -0.1) is 0 Å². The third-order valence-electron chi connectivity index (χ3n) is 3.22. The van der Waals surface area contributed by atoms with Gasteiger partial charge in [0.25, 0.3) is 0 Å². The molecule has 0 fully saturated rings. The number of nitrogens with one attached hydrogen (secondary N) is 2. The van der Waals surface area contributed by atoms with Crippen molar-refractivity contribution < 1.29 is 28.5 Å². The fourth-order valence-electron chi connectivity index (χ4n) is 1.79. The molecule has 9 heteroatoms. The van der Waals surface area contributed by atoms with E-state index in [2.05, 4.69) is 15.5 Å². The molecule has 0 spiro atoms. The van der Waals surface area contributed by atoms with E-state index in [-0.39, 0.29) is 11.8 Å². The fourth-order valence-corrected chi connectivity index (χ4v) is 1.79. The number of carbonyl (C=O) groups is 2.